The minimum atomic E-state index is -0.507. The van der Waals surface area contributed by atoms with Crippen molar-refractivity contribution in [3.8, 4) is 0 Å². The zero-order chi connectivity index (χ0) is 14.9. The van der Waals surface area contributed by atoms with Gasteiger partial charge in [0.1, 0.15) is 5.82 Å². The van der Waals surface area contributed by atoms with Gasteiger partial charge in [-0.1, -0.05) is 45.0 Å². The molecule has 0 spiro atoms. The van der Waals surface area contributed by atoms with Gasteiger partial charge in [0, 0.05) is 5.41 Å². The number of nitrogens with two attached hydrogens (primary N) is 1. The van der Waals surface area contributed by atoms with Gasteiger partial charge in [-0.2, -0.15) is 0 Å². The summed E-state index contributed by atoms with van der Waals surface area (Å²) in [6.45, 7) is 5.62. The molecule has 0 fully saturated rings. The van der Waals surface area contributed by atoms with Crippen LogP contribution in [0.2, 0.25) is 0 Å². The molecule has 0 aromatic heterocycles. The van der Waals surface area contributed by atoms with Crippen LogP contribution in [0.1, 0.15) is 26.3 Å². The third-order valence-electron chi connectivity index (χ3n) is 3.40. The number of rotatable bonds is 3. The highest BCUT2D eigenvalue weighted by Gasteiger charge is 2.27. The highest BCUT2D eigenvalue weighted by atomic mass is 19.1. The highest BCUT2D eigenvalue weighted by Crippen LogP contribution is 2.21. The van der Waals surface area contributed by atoms with Gasteiger partial charge in [-0.3, -0.25) is 4.79 Å². The molecule has 2 nitrogen and oxygen atoms in total. The molecule has 0 bridgehead atoms. The highest BCUT2D eigenvalue weighted by molar-refractivity contribution is 5.89. The zero-order valence-electron chi connectivity index (χ0n) is 12.1. The van der Waals surface area contributed by atoms with E-state index in [0.29, 0.717) is 6.42 Å². The van der Waals surface area contributed by atoms with Crippen molar-refractivity contribution < 1.29 is 9.18 Å². The summed E-state index contributed by atoms with van der Waals surface area (Å²) in [6.07, 6.45) is 0.503. The lowest BCUT2D eigenvalue weighted by atomic mass is 9.84. The Morgan fingerprint density at radius 1 is 1.15 bits per heavy atom. The molecule has 0 aliphatic rings. The van der Waals surface area contributed by atoms with E-state index in [0.717, 1.165) is 16.3 Å². The lowest BCUT2D eigenvalue weighted by Crippen LogP contribution is -2.40. The van der Waals surface area contributed by atoms with Crippen LogP contribution in [0.25, 0.3) is 10.8 Å². The molecule has 2 rings (SSSR count). The number of carbonyl (C=O) groups is 1. The fourth-order valence-electron chi connectivity index (χ4n) is 2.30. The molecular weight excluding hydrogens is 253 g/mol. The van der Waals surface area contributed by atoms with E-state index >= 15 is 0 Å². The number of benzene rings is 2. The summed E-state index contributed by atoms with van der Waals surface area (Å²) in [5.41, 5.74) is 6.56. The molecule has 1 atom stereocenters. The normalized spacial score (nSPS) is 13.4. The smallest absolute Gasteiger partial charge is 0.155 e. The van der Waals surface area contributed by atoms with Crippen LogP contribution in [0.5, 0.6) is 0 Å². The number of ketones is 1. The van der Waals surface area contributed by atoms with E-state index in [2.05, 4.69) is 0 Å². The Kier molecular flexibility index (Phi) is 3.91. The summed E-state index contributed by atoms with van der Waals surface area (Å²) in [5, 5.41) is 1.81. The van der Waals surface area contributed by atoms with Gasteiger partial charge in [0.05, 0.1) is 6.04 Å². The van der Waals surface area contributed by atoms with E-state index in [-0.39, 0.29) is 11.6 Å². The molecule has 2 aromatic carbocycles. The van der Waals surface area contributed by atoms with Crippen molar-refractivity contribution in [2.75, 3.05) is 0 Å². The second-order valence-electron chi connectivity index (χ2n) is 6.25. The summed E-state index contributed by atoms with van der Waals surface area (Å²) in [4.78, 5) is 12.1. The fourth-order valence-corrected chi connectivity index (χ4v) is 2.30. The van der Waals surface area contributed by atoms with Crippen molar-refractivity contribution in [1.29, 1.82) is 0 Å². The van der Waals surface area contributed by atoms with Crippen LogP contribution in [-0.4, -0.2) is 11.8 Å². The molecule has 0 heterocycles. The van der Waals surface area contributed by atoms with Crippen LogP contribution in [0.4, 0.5) is 4.39 Å². The molecule has 2 N–H and O–H groups in total. The number of hydrogen-bond acceptors (Lipinski definition) is 2. The predicted molar refractivity (Wildman–Crippen MR) is 80.0 cm³/mol. The molecular formula is C17H20FNO. The number of hydrogen-bond donors (Lipinski definition) is 1. The Balaban J connectivity index is 2.22. The van der Waals surface area contributed by atoms with Gasteiger partial charge < -0.3 is 5.73 Å². The summed E-state index contributed by atoms with van der Waals surface area (Å²) in [6, 6.07) is 9.90. The molecule has 106 valence electrons. The van der Waals surface area contributed by atoms with Gasteiger partial charge >= 0.3 is 0 Å². The lowest BCUT2D eigenvalue weighted by Gasteiger charge is -2.21. The second-order valence-corrected chi connectivity index (χ2v) is 6.25. The topological polar surface area (TPSA) is 43.1 Å². The van der Waals surface area contributed by atoms with Crippen molar-refractivity contribution in [2.45, 2.75) is 33.2 Å². The van der Waals surface area contributed by atoms with Gasteiger partial charge in [-0.05, 0) is 34.9 Å². The van der Waals surface area contributed by atoms with E-state index in [1.807, 2.05) is 39.0 Å². The third kappa shape index (κ3) is 3.23. The maximum atomic E-state index is 13.1. The van der Waals surface area contributed by atoms with E-state index in [1.54, 1.807) is 6.07 Å². The molecule has 0 aliphatic carbocycles. The van der Waals surface area contributed by atoms with Crippen LogP contribution in [0.3, 0.4) is 0 Å². The van der Waals surface area contributed by atoms with Crippen molar-refractivity contribution in [1.82, 2.24) is 0 Å². The average molecular weight is 273 g/mol. The van der Waals surface area contributed by atoms with E-state index in [4.69, 9.17) is 5.73 Å². The third-order valence-corrected chi connectivity index (χ3v) is 3.40. The Labute approximate surface area is 118 Å². The van der Waals surface area contributed by atoms with Gasteiger partial charge in [-0.15, -0.1) is 0 Å². The zero-order valence-corrected chi connectivity index (χ0v) is 12.1. The van der Waals surface area contributed by atoms with Crippen LogP contribution in [0.15, 0.2) is 36.4 Å². The van der Waals surface area contributed by atoms with Crippen LogP contribution >= 0.6 is 0 Å². The molecule has 2 aromatic rings. The van der Waals surface area contributed by atoms with Crippen molar-refractivity contribution in [2.24, 2.45) is 11.1 Å². The Hall–Kier alpha value is -1.74. The summed E-state index contributed by atoms with van der Waals surface area (Å²) >= 11 is 0. The molecule has 0 aliphatic heterocycles. The van der Waals surface area contributed by atoms with Gasteiger partial charge in [0.15, 0.2) is 5.78 Å². The minimum absolute atomic E-state index is 0.0525. The molecule has 0 radical (unpaired) electrons. The first-order valence-electron chi connectivity index (χ1n) is 6.75. The van der Waals surface area contributed by atoms with Crippen molar-refractivity contribution >= 4 is 16.6 Å². The lowest BCUT2D eigenvalue weighted by molar-refractivity contribution is -0.127. The predicted octanol–water partition coefficient (Wildman–Crippen LogP) is 3.46. The van der Waals surface area contributed by atoms with E-state index in [1.165, 1.54) is 12.1 Å². The molecule has 0 amide bonds. The monoisotopic (exact) mass is 273 g/mol. The van der Waals surface area contributed by atoms with Crippen molar-refractivity contribution in [3.63, 3.8) is 0 Å². The Bertz CT molecular complexity index is 643. The number of carbonyl (C=O) groups excluding carboxylic acids is 1. The quantitative estimate of drug-likeness (QED) is 0.930. The van der Waals surface area contributed by atoms with Crippen LogP contribution < -0.4 is 5.73 Å². The van der Waals surface area contributed by atoms with E-state index in [9.17, 15) is 9.18 Å². The van der Waals surface area contributed by atoms with Gasteiger partial charge in [0.25, 0.3) is 0 Å². The summed E-state index contributed by atoms with van der Waals surface area (Å²) in [7, 11) is 0. The number of Topliss-reactive ketones (excluding diaryl/α,β-unsaturated/α-hetero) is 1. The molecule has 3 heteroatoms. The standard InChI is InChI=1S/C17H20FNO/c1-17(2,3)16(20)15(19)9-11-4-5-13-10-14(18)7-6-12(13)8-11/h4-8,10,15H,9,19H2,1-3H3. The summed E-state index contributed by atoms with van der Waals surface area (Å²) < 4.78 is 13.1. The van der Waals surface area contributed by atoms with Crippen molar-refractivity contribution in [3.05, 3.63) is 47.8 Å². The first kappa shape index (κ1) is 14.7. The van der Waals surface area contributed by atoms with Gasteiger partial charge in [0.2, 0.25) is 0 Å². The first-order valence-corrected chi connectivity index (χ1v) is 6.75. The second kappa shape index (κ2) is 5.33. The maximum Gasteiger partial charge on any atom is 0.155 e. The van der Waals surface area contributed by atoms with E-state index < -0.39 is 11.5 Å². The van der Waals surface area contributed by atoms with Gasteiger partial charge in [-0.25, -0.2) is 4.39 Å². The maximum absolute atomic E-state index is 13.1. The number of fused-ring (bicyclic) bond motifs is 1. The fraction of sp³-hybridized carbons (Fsp3) is 0.353. The Morgan fingerprint density at radius 3 is 2.40 bits per heavy atom. The number of halogens is 1. The minimum Gasteiger partial charge on any atom is -0.321 e. The van der Waals surface area contributed by atoms with Crippen LogP contribution in [-0.2, 0) is 11.2 Å². The first-order chi connectivity index (χ1) is 9.27. The Morgan fingerprint density at radius 2 is 1.75 bits per heavy atom. The molecule has 1 unspecified atom stereocenters. The molecule has 0 saturated carbocycles. The SMILES string of the molecule is CC(C)(C)C(=O)C(N)Cc1ccc2cc(F)ccc2c1. The molecule has 20 heavy (non-hydrogen) atoms. The largest absolute Gasteiger partial charge is 0.321 e. The average Bonchev–Trinajstić information content (AvgIpc) is 2.37. The van der Waals surface area contributed by atoms with Crippen LogP contribution in [0, 0.1) is 11.2 Å². The molecule has 0 saturated heterocycles. The summed E-state index contributed by atoms with van der Waals surface area (Å²) in [5.74, 6) is -0.193.